The van der Waals surface area contributed by atoms with Gasteiger partial charge in [-0.3, -0.25) is 0 Å². The number of carbonyl (C=O) groups is 3. The average molecular weight is 435 g/mol. The third kappa shape index (κ3) is 5.99. The maximum absolute atomic E-state index is 12.4. The summed E-state index contributed by atoms with van der Waals surface area (Å²) in [7, 11) is 0. The molecule has 31 heavy (non-hydrogen) atoms. The monoisotopic (exact) mass is 435 g/mol. The van der Waals surface area contributed by atoms with Crippen molar-refractivity contribution in [1.29, 1.82) is 0 Å². The van der Waals surface area contributed by atoms with Gasteiger partial charge in [0.15, 0.2) is 0 Å². The number of hydrogen-bond acceptors (Lipinski definition) is 9. The number of rotatable bonds is 6. The number of nitrogen functional groups attached to an aromatic ring is 3. The molecule has 10 heteroatoms. The molecule has 0 radical (unpaired) electrons. The van der Waals surface area contributed by atoms with Crippen LogP contribution in [0.3, 0.4) is 0 Å². The fraction of sp³-hybridized carbons (Fsp3) is 0. The zero-order chi connectivity index (χ0) is 22.4. The first-order chi connectivity index (χ1) is 14.8. The Morgan fingerprint density at radius 2 is 0.710 bits per heavy atom. The molecule has 156 valence electrons. The summed E-state index contributed by atoms with van der Waals surface area (Å²) in [4.78, 5) is 37.3. The Hall–Kier alpha value is -4.00. The minimum Gasteiger partial charge on any atom is -0.547 e. The van der Waals surface area contributed by atoms with Crippen molar-refractivity contribution in [3.63, 3.8) is 0 Å². The summed E-state index contributed by atoms with van der Waals surface area (Å²) in [6.45, 7) is 0. The van der Waals surface area contributed by atoms with E-state index in [4.69, 9.17) is 28.6 Å². The highest BCUT2D eigenvalue weighted by Gasteiger charge is 2.49. The Balaban J connectivity index is 1.78. The van der Waals surface area contributed by atoms with E-state index in [1.807, 2.05) is 0 Å². The molecule has 0 saturated carbocycles. The van der Waals surface area contributed by atoms with Gasteiger partial charge in [0, 0.05) is 17.1 Å². The second kappa shape index (κ2) is 9.67. The normalized spacial score (nSPS) is 10.1. The van der Waals surface area contributed by atoms with Gasteiger partial charge in [0.05, 0.1) is 16.7 Å². The van der Waals surface area contributed by atoms with Crippen LogP contribution >= 0.6 is 0 Å². The lowest BCUT2D eigenvalue weighted by Gasteiger charge is -2.14. The summed E-state index contributed by atoms with van der Waals surface area (Å²) >= 11 is -3.60. The fourth-order valence-electron chi connectivity index (χ4n) is 2.40. The zero-order valence-corrected chi connectivity index (χ0v) is 17.3. The van der Waals surface area contributed by atoms with Crippen molar-refractivity contribution in [2.24, 2.45) is 0 Å². The van der Waals surface area contributed by atoms with Gasteiger partial charge in [0.1, 0.15) is 0 Å². The van der Waals surface area contributed by atoms with Gasteiger partial charge in [-0.25, -0.2) is 14.4 Å². The van der Waals surface area contributed by atoms with Crippen molar-refractivity contribution in [2.45, 2.75) is 0 Å². The summed E-state index contributed by atoms with van der Waals surface area (Å²) in [6, 6.07) is 17.7. The lowest BCUT2D eigenvalue weighted by Crippen LogP contribution is -2.35. The molecule has 0 fully saturated rings. The van der Waals surface area contributed by atoms with Crippen molar-refractivity contribution in [2.75, 3.05) is 17.2 Å². The third-order valence-corrected chi connectivity index (χ3v) is 5.27. The van der Waals surface area contributed by atoms with Crippen molar-refractivity contribution in [1.82, 2.24) is 0 Å². The quantitative estimate of drug-likeness (QED) is 0.390. The van der Waals surface area contributed by atoms with Gasteiger partial charge in [-0.05, 0) is 72.8 Å². The molecule has 0 amide bonds. The Kier molecular flexibility index (Phi) is 6.77. The SMILES string of the molecule is Nc1ccc(C(=O)[O][Al]([O]C(=O)c2ccc(N)cc2)[O]C(=O)c2ccc(N)cc2)cc1. The molecule has 9 nitrogen and oxygen atoms in total. The molecule has 3 aromatic carbocycles. The molecule has 0 aromatic heterocycles. The summed E-state index contributed by atoms with van der Waals surface area (Å²) in [5.74, 6) is -2.48. The minimum absolute atomic E-state index is 0.152. The molecule has 0 atom stereocenters. The largest absolute Gasteiger partial charge is 1.20 e. The van der Waals surface area contributed by atoms with Crippen molar-refractivity contribution >= 4 is 50.1 Å². The molecule has 0 bridgehead atoms. The Morgan fingerprint density at radius 1 is 0.484 bits per heavy atom. The molecule has 0 aliphatic carbocycles. The molecule has 0 unspecified atom stereocenters. The summed E-state index contributed by atoms with van der Waals surface area (Å²) in [5.41, 5.74) is 18.6. The predicted octanol–water partition coefficient (Wildman–Crippen LogP) is 2.29. The maximum Gasteiger partial charge on any atom is 1.20 e. The van der Waals surface area contributed by atoms with Crippen LogP contribution in [-0.4, -0.2) is 33.1 Å². The zero-order valence-electron chi connectivity index (χ0n) is 16.2. The summed E-state index contributed by atoms with van der Waals surface area (Å²) in [6.07, 6.45) is 0. The van der Waals surface area contributed by atoms with Gasteiger partial charge < -0.3 is 28.6 Å². The van der Waals surface area contributed by atoms with E-state index >= 15 is 0 Å². The number of hydrogen-bond donors (Lipinski definition) is 3. The first kappa shape index (κ1) is 21.7. The van der Waals surface area contributed by atoms with E-state index in [0.717, 1.165) is 0 Å². The van der Waals surface area contributed by atoms with Gasteiger partial charge in [-0.15, -0.1) is 0 Å². The van der Waals surface area contributed by atoms with E-state index in [2.05, 4.69) is 0 Å². The highest BCUT2D eigenvalue weighted by molar-refractivity contribution is 6.45. The fourth-order valence-corrected chi connectivity index (χ4v) is 3.47. The summed E-state index contributed by atoms with van der Waals surface area (Å²) in [5, 5.41) is 0. The minimum atomic E-state index is -3.60. The molecule has 0 spiro atoms. The van der Waals surface area contributed by atoms with E-state index < -0.39 is 33.1 Å². The van der Waals surface area contributed by atoms with E-state index in [0.29, 0.717) is 17.1 Å². The molecule has 3 aromatic rings. The lowest BCUT2D eigenvalue weighted by molar-refractivity contribution is 0.0410. The second-order valence-electron chi connectivity index (χ2n) is 6.37. The number of anilines is 3. The Bertz CT molecular complexity index is 944. The van der Waals surface area contributed by atoms with Crippen LogP contribution in [0.5, 0.6) is 0 Å². The van der Waals surface area contributed by atoms with Crippen LogP contribution in [0.2, 0.25) is 0 Å². The first-order valence-corrected chi connectivity index (χ1v) is 10.4. The van der Waals surface area contributed by atoms with Crippen LogP contribution in [-0.2, 0) is 11.4 Å². The average Bonchev–Trinajstić information content (AvgIpc) is 2.75. The van der Waals surface area contributed by atoms with Crippen LogP contribution in [0, 0.1) is 0 Å². The van der Waals surface area contributed by atoms with Crippen molar-refractivity contribution in [3.8, 4) is 0 Å². The topological polar surface area (TPSA) is 157 Å². The number of carbonyl (C=O) groups excluding carboxylic acids is 3. The van der Waals surface area contributed by atoms with Gasteiger partial charge in [0.25, 0.3) is 0 Å². The Labute approximate surface area is 182 Å². The third-order valence-electron chi connectivity index (χ3n) is 4.05. The molecular weight excluding hydrogens is 417 g/mol. The second-order valence-corrected chi connectivity index (χ2v) is 7.66. The highest BCUT2D eigenvalue weighted by atomic mass is 27.3. The van der Waals surface area contributed by atoms with Gasteiger partial charge in [-0.2, -0.15) is 0 Å². The van der Waals surface area contributed by atoms with Crippen LogP contribution in [0.15, 0.2) is 72.8 Å². The van der Waals surface area contributed by atoms with E-state index in [9.17, 15) is 14.4 Å². The van der Waals surface area contributed by atoms with Crippen LogP contribution in [0.25, 0.3) is 0 Å². The molecule has 3 rings (SSSR count). The summed E-state index contributed by atoms with van der Waals surface area (Å²) < 4.78 is 15.7. The first-order valence-electron chi connectivity index (χ1n) is 9.01. The van der Waals surface area contributed by atoms with E-state index in [1.165, 1.54) is 72.8 Å². The smallest absolute Gasteiger partial charge is 0.547 e. The van der Waals surface area contributed by atoms with Crippen molar-refractivity contribution in [3.05, 3.63) is 89.5 Å². The van der Waals surface area contributed by atoms with Gasteiger partial charge >= 0.3 is 33.1 Å². The molecule has 0 saturated heterocycles. The maximum atomic E-state index is 12.4. The number of nitrogens with two attached hydrogens (primary N) is 3. The van der Waals surface area contributed by atoms with Crippen LogP contribution in [0.1, 0.15) is 31.1 Å². The number of benzene rings is 3. The standard InChI is InChI=1S/3C7H7NO2.Al/c3*8-6-3-1-5(2-4-6)7(9)10;/h3*1-4H,8H2,(H,9,10);/q;;;+3/p-3. The van der Waals surface area contributed by atoms with Gasteiger partial charge in [0.2, 0.25) is 0 Å². The van der Waals surface area contributed by atoms with Crippen LogP contribution < -0.4 is 17.2 Å². The molecule has 6 N–H and O–H groups in total. The Morgan fingerprint density at radius 3 is 0.935 bits per heavy atom. The molecule has 0 heterocycles. The predicted molar refractivity (Wildman–Crippen MR) is 115 cm³/mol. The highest BCUT2D eigenvalue weighted by Crippen LogP contribution is 2.13. The van der Waals surface area contributed by atoms with E-state index in [-0.39, 0.29) is 16.7 Å². The lowest BCUT2D eigenvalue weighted by atomic mass is 10.2. The van der Waals surface area contributed by atoms with Gasteiger partial charge in [-0.1, -0.05) is 0 Å². The molecule has 0 aliphatic heterocycles. The van der Waals surface area contributed by atoms with E-state index in [1.54, 1.807) is 0 Å². The van der Waals surface area contributed by atoms with Crippen molar-refractivity contribution < 1.29 is 25.7 Å². The molecule has 0 aliphatic rings. The van der Waals surface area contributed by atoms with Crippen LogP contribution in [0.4, 0.5) is 17.1 Å². The molecular formula is C21H18AlN3O6.